The van der Waals surface area contributed by atoms with Gasteiger partial charge in [-0.1, -0.05) is 29.4 Å². The lowest BCUT2D eigenvalue weighted by Crippen LogP contribution is -2.39. The van der Waals surface area contributed by atoms with Crippen molar-refractivity contribution < 1.29 is 32.1 Å². The molecule has 2 heterocycles. The molecule has 2 atom stereocenters. The van der Waals surface area contributed by atoms with Crippen LogP contribution in [0.25, 0.3) is 11.4 Å². The molecule has 27 heavy (non-hydrogen) atoms. The minimum atomic E-state index is -4.69. The third kappa shape index (κ3) is 4.11. The maximum absolute atomic E-state index is 12.6. The summed E-state index contributed by atoms with van der Waals surface area (Å²) in [5.41, 5.74) is 1.09. The van der Waals surface area contributed by atoms with Crippen molar-refractivity contribution in [3.05, 3.63) is 35.7 Å². The molecular weight excluding hydrogens is 367 g/mol. The second-order valence-corrected chi connectivity index (χ2v) is 6.07. The summed E-state index contributed by atoms with van der Waals surface area (Å²) in [5, 5.41) is 4.58. The van der Waals surface area contributed by atoms with Crippen LogP contribution in [-0.4, -0.2) is 40.9 Å². The predicted molar refractivity (Wildman–Crippen MR) is 86.0 cm³/mol. The highest BCUT2D eigenvalue weighted by Crippen LogP contribution is 2.30. The number of halogens is 3. The van der Waals surface area contributed by atoms with Crippen molar-refractivity contribution in [2.45, 2.75) is 38.1 Å². The summed E-state index contributed by atoms with van der Waals surface area (Å²) in [6, 6.07) is 6.02. The number of amides is 1. The Morgan fingerprint density at radius 3 is 2.56 bits per heavy atom. The number of hydrogen-bond donors (Lipinski definition) is 0. The van der Waals surface area contributed by atoms with Crippen molar-refractivity contribution in [3.8, 4) is 11.4 Å². The van der Waals surface area contributed by atoms with Gasteiger partial charge in [0.05, 0.1) is 13.2 Å². The summed E-state index contributed by atoms with van der Waals surface area (Å²) >= 11 is 0. The molecule has 2 aromatic rings. The monoisotopic (exact) mass is 385 g/mol. The number of nitrogens with zero attached hydrogens (tertiary/aromatic N) is 3. The van der Waals surface area contributed by atoms with Gasteiger partial charge in [-0.25, -0.2) is 5.06 Å². The number of alkyl halides is 3. The molecule has 1 saturated heterocycles. The molecule has 146 valence electrons. The Morgan fingerprint density at radius 1 is 1.33 bits per heavy atom. The highest BCUT2D eigenvalue weighted by Gasteiger charge is 2.38. The van der Waals surface area contributed by atoms with E-state index in [1.807, 2.05) is 0 Å². The van der Waals surface area contributed by atoms with Crippen LogP contribution in [-0.2, 0) is 20.5 Å². The van der Waals surface area contributed by atoms with Crippen LogP contribution >= 0.6 is 0 Å². The third-order valence-corrected chi connectivity index (χ3v) is 4.29. The molecule has 1 amide bonds. The second-order valence-electron chi connectivity index (χ2n) is 6.07. The summed E-state index contributed by atoms with van der Waals surface area (Å²) in [6.07, 6.45) is -3.75. The van der Waals surface area contributed by atoms with Gasteiger partial charge < -0.3 is 9.26 Å². The molecular formula is C17H18F3N3O4. The van der Waals surface area contributed by atoms with Crippen molar-refractivity contribution in [2.75, 3.05) is 13.7 Å². The molecule has 3 rings (SSSR count). The Bertz CT molecular complexity index is 785. The molecule has 7 nitrogen and oxygen atoms in total. The lowest BCUT2D eigenvalue weighted by molar-refractivity contribution is -0.196. The van der Waals surface area contributed by atoms with E-state index in [2.05, 4.69) is 14.7 Å². The zero-order valence-electron chi connectivity index (χ0n) is 14.7. The van der Waals surface area contributed by atoms with E-state index in [1.54, 1.807) is 31.2 Å². The first-order valence-corrected chi connectivity index (χ1v) is 8.31. The average Bonchev–Trinajstić information content (AvgIpc) is 3.33. The summed E-state index contributed by atoms with van der Waals surface area (Å²) in [4.78, 5) is 21.1. The van der Waals surface area contributed by atoms with Crippen molar-refractivity contribution >= 4 is 5.91 Å². The molecule has 1 aromatic heterocycles. The molecule has 0 aliphatic carbocycles. The summed E-state index contributed by atoms with van der Waals surface area (Å²) in [5.74, 6) is -1.83. The average molecular weight is 385 g/mol. The molecule has 0 spiro atoms. The van der Waals surface area contributed by atoms with E-state index in [9.17, 15) is 18.0 Å². The van der Waals surface area contributed by atoms with Crippen LogP contribution in [0.3, 0.4) is 0 Å². The first-order chi connectivity index (χ1) is 12.8. The van der Waals surface area contributed by atoms with E-state index in [4.69, 9.17) is 9.57 Å². The Balaban J connectivity index is 1.75. The molecule has 1 aliphatic heterocycles. The number of carbonyl (C=O) groups excluding carboxylic acids is 1. The van der Waals surface area contributed by atoms with Gasteiger partial charge >= 0.3 is 12.1 Å². The number of carbonyl (C=O) groups is 1. The number of hydrogen-bond acceptors (Lipinski definition) is 6. The van der Waals surface area contributed by atoms with Gasteiger partial charge in [-0.05, 0) is 25.3 Å². The zero-order valence-corrected chi connectivity index (χ0v) is 14.7. The first-order valence-electron chi connectivity index (χ1n) is 8.31. The van der Waals surface area contributed by atoms with Crippen molar-refractivity contribution in [3.63, 3.8) is 0 Å². The molecule has 10 heteroatoms. The molecule has 0 N–H and O–H groups in total. The molecule has 1 fully saturated rings. The predicted octanol–water partition coefficient (Wildman–Crippen LogP) is 3.39. The van der Waals surface area contributed by atoms with Crippen LogP contribution in [0.2, 0.25) is 0 Å². The topological polar surface area (TPSA) is 77.7 Å². The van der Waals surface area contributed by atoms with E-state index < -0.39 is 24.2 Å². The lowest BCUT2D eigenvalue weighted by atomic mass is 10.0. The van der Waals surface area contributed by atoms with Gasteiger partial charge in [0.2, 0.25) is 5.82 Å². The second kappa shape index (κ2) is 7.65. The fraction of sp³-hybridized carbons (Fsp3) is 0.471. The minimum Gasteiger partial charge on any atom is -0.368 e. The quantitative estimate of drug-likeness (QED) is 0.735. The summed E-state index contributed by atoms with van der Waals surface area (Å²) in [7, 11) is 1.40. The number of ether oxygens (including phenoxy) is 1. The van der Waals surface area contributed by atoms with Crippen LogP contribution < -0.4 is 0 Å². The fourth-order valence-corrected chi connectivity index (χ4v) is 2.86. The number of benzene rings is 1. The van der Waals surface area contributed by atoms with Crippen LogP contribution in [0.5, 0.6) is 0 Å². The molecule has 0 saturated carbocycles. The van der Waals surface area contributed by atoms with Crippen molar-refractivity contribution in [1.29, 1.82) is 0 Å². The molecule has 1 aliphatic rings. The van der Waals surface area contributed by atoms with Crippen LogP contribution in [0, 0.1) is 0 Å². The maximum Gasteiger partial charge on any atom is 0.471 e. The van der Waals surface area contributed by atoms with Crippen LogP contribution in [0.1, 0.15) is 37.3 Å². The van der Waals surface area contributed by atoms with Crippen LogP contribution in [0.4, 0.5) is 13.2 Å². The molecule has 2 unspecified atom stereocenters. The highest BCUT2D eigenvalue weighted by atomic mass is 19.4. The smallest absolute Gasteiger partial charge is 0.368 e. The zero-order chi connectivity index (χ0) is 19.6. The number of aromatic nitrogens is 2. The fourth-order valence-electron chi connectivity index (χ4n) is 2.86. The SMILES string of the molecule is CON(C(=O)C1CCCO1)C(C)c1ccc(-c2noc(C(F)(F)F)n2)cc1. The van der Waals surface area contributed by atoms with Crippen molar-refractivity contribution in [1.82, 2.24) is 15.2 Å². The van der Waals surface area contributed by atoms with E-state index in [1.165, 1.54) is 12.2 Å². The van der Waals surface area contributed by atoms with Crippen LogP contribution in [0.15, 0.2) is 28.8 Å². The van der Waals surface area contributed by atoms with Gasteiger partial charge in [0.15, 0.2) is 0 Å². The normalized spacial score (nSPS) is 18.5. The Morgan fingerprint density at radius 2 is 2.04 bits per heavy atom. The van der Waals surface area contributed by atoms with Gasteiger partial charge in [-0.15, -0.1) is 0 Å². The van der Waals surface area contributed by atoms with Crippen molar-refractivity contribution in [2.24, 2.45) is 0 Å². The third-order valence-electron chi connectivity index (χ3n) is 4.29. The minimum absolute atomic E-state index is 0.166. The summed E-state index contributed by atoms with van der Waals surface area (Å²) < 4.78 is 47.3. The standard InChI is InChI=1S/C17H18F3N3O4/c1-10(23(25-2)15(24)13-4-3-9-26-13)11-5-7-12(8-6-11)14-21-16(27-22-14)17(18,19)20/h5-8,10,13H,3-4,9H2,1-2H3. The Labute approximate surface area is 153 Å². The van der Waals surface area contributed by atoms with E-state index >= 15 is 0 Å². The highest BCUT2D eigenvalue weighted by molar-refractivity contribution is 5.80. The van der Waals surface area contributed by atoms with E-state index in [0.29, 0.717) is 18.6 Å². The van der Waals surface area contributed by atoms with Gasteiger partial charge in [-0.3, -0.25) is 9.63 Å². The molecule has 0 radical (unpaired) electrons. The van der Waals surface area contributed by atoms with E-state index in [0.717, 1.165) is 12.0 Å². The molecule has 0 bridgehead atoms. The first kappa shape index (κ1) is 19.3. The lowest BCUT2D eigenvalue weighted by Gasteiger charge is -2.28. The van der Waals surface area contributed by atoms with Gasteiger partial charge in [0.1, 0.15) is 6.10 Å². The number of hydroxylamine groups is 2. The number of rotatable bonds is 5. The van der Waals surface area contributed by atoms with Gasteiger partial charge in [0, 0.05) is 12.2 Å². The van der Waals surface area contributed by atoms with Gasteiger partial charge in [0.25, 0.3) is 5.91 Å². The maximum atomic E-state index is 12.6. The van der Waals surface area contributed by atoms with Gasteiger partial charge in [-0.2, -0.15) is 18.2 Å². The Kier molecular flexibility index (Phi) is 5.47. The molecule has 1 aromatic carbocycles. The summed E-state index contributed by atoms with van der Waals surface area (Å²) in [6.45, 7) is 2.32. The van der Waals surface area contributed by atoms with E-state index in [-0.39, 0.29) is 11.7 Å². The largest absolute Gasteiger partial charge is 0.471 e. The Hall–Kier alpha value is -2.46.